The first-order chi connectivity index (χ1) is 15.4. The number of unbranched alkanes of at least 4 members (excludes halogenated alkanes) is 3. The van der Waals surface area contributed by atoms with E-state index in [-0.39, 0.29) is 11.4 Å². The molecule has 1 aromatic carbocycles. The van der Waals surface area contributed by atoms with Crippen molar-refractivity contribution < 1.29 is 4.79 Å². The highest BCUT2D eigenvalue weighted by atomic mass is 35.5. The van der Waals surface area contributed by atoms with Crippen LogP contribution in [0.25, 0.3) is 11.8 Å². The van der Waals surface area contributed by atoms with Crippen molar-refractivity contribution >= 4 is 51.4 Å². The highest BCUT2D eigenvalue weighted by Crippen LogP contribution is 2.31. The van der Waals surface area contributed by atoms with E-state index >= 15 is 0 Å². The summed E-state index contributed by atoms with van der Waals surface area (Å²) in [5.41, 5.74) is 4.12. The molecule has 2 aliphatic rings. The first-order valence-corrected chi connectivity index (χ1v) is 12.0. The van der Waals surface area contributed by atoms with Crippen molar-refractivity contribution in [3.8, 4) is 5.69 Å². The molecule has 0 aliphatic carbocycles. The molecule has 3 heterocycles. The van der Waals surface area contributed by atoms with Crippen molar-refractivity contribution in [1.82, 2.24) is 9.58 Å². The highest BCUT2D eigenvalue weighted by molar-refractivity contribution is 8.26. The third kappa shape index (κ3) is 4.45. The summed E-state index contributed by atoms with van der Waals surface area (Å²) in [6.45, 7) is 6.20. The molecule has 4 rings (SSSR count). The van der Waals surface area contributed by atoms with Gasteiger partial charge in [0.1, 0.15) is 5.04 Å². The van der Waals surface area contributed by atoms with Gasteiger partial charge in [-0.2, -0.15) is 15.1 Å². The van der Waals surface area contributed by atoms with E-state index in [2.05, 4.69) is 21.6 Å². The summed E-state index contributed by atoms with van der Waals surface area (Å²) in [4.78, 5) is 17.0. The van der Waals surface area contributed by atoms with Gasteiger partial charge in [-0.1, -0.05) is 37.8 Å². The van der Waals surface area contributed by atoms with Crippen LogP contribution in [0.1, 0.15) is 56.0 Å². The molecule has 2 aromatic rings. The molecule has 0 atom stereocenters. The Balaban J connectivity index is 1.60. The molecule has 0 spiro atoms. The second-order valence-corrected chi connectivity index (χ2v) is 9.44. The molecule has 32 heavy (non-hydrogen) atoms. The number of carbonyl (C=O) groups is 1. The smallest absolute Gasteiger partial charge is 0.283 e. The number of nitrogens with zero attached hydrogens (tertiary/aromatic N) is 4. The van der Waals surface area contributed by atoms with Crippen LogP contribution in [0, 0.1) is 19.3 Å². The van der Waals surface area contributed by atoms with E-state index in [1.165, 1.54) is 29.6 Å². The fourth-order valence-electron chi connectivity index (χ4n) is 3.91. The average Bonchev–Trinajstić information content (AvgIpc) is 3.29. The lowest BCUT2D eigenvalue weighted by Crippen LogP contribution is -2.35. The Hall–Kier alpha value is -2.64. The number of hydrogen-bond donors (Lipinski definition) is 1. The number of nitrogens with one attached hydrogen (secondary N) is 1. The number of aryl methyl sites for hydroxylation is 1. The van der Waals surface area contributed by atoms with Crippen molar-refractivity contribution in [2.75, 3.05) is 0 Å². The molecular weight excluding hydrogens is 442 g/mol. The van der Waals surface area contributed by atoms with Gasteiger partial charge in [-0.3, -0.25) is 10.2 Å². The molecule has 166 valence electrons. The van der Waals surface area contributed by atoms with Gasteiger partial charge < -0.3 is 4.57 Å². The summed E-state index contributed by atoms with van der Waals surface area (Å²) < 4.78 is 2.10. The number of rotatable bonds is 7. The summed E-state index contributed by atoms with van der Waals surface area (Å²) >= 11 is 7.43. The van der Waals surface area contributed by atoms with Crippen molar-refractivity contribution in [2.24, 2.45) is 10.1 Å². The van der Waals surface area contributed by atoms with Crippen LogP contribution in [0.5, 0.6) is 0 Å². The van der Waals surface area contributed by atoms with E-state index in [1.807, 2.05) is 44.2 Å². The second kappa shape index (κ2) is 9.46. The zero-order valence-electron chi connectivity index (χ0n) is 18.5. The number of hydrogen-bond acceptors (Lipinski definition) is 4. The lowest BCUT2D eigenvalue weighted by atomic mass is 10.1. The lowest BCUT2D eigenvalue weighted by molar-refractivity contribution is -0.114. The predicted molar refractivity (Wildman–Crippen MR) is 134 cm³/mol. The van der Waals surface area contributed by atoms with Crippen LogP contribution in [0.2, 0.25) is 5.02 Å². The Morgan fingerprint density at radius 1 is 1.16 bits per heavy atom. The Bertz CT molecular complexity index is 1160. The summed E-state index contributed by atoms with van der Waals surface area (Å²) in [6.07, 6.45) is 7.21. The van der Waals surface area contributed by atoms with Crippen LogP contribution in [0.4, 0.5) is 0 Å². The highest BCUT2D eigenvalue weighted by Gasteiger charge is 2.35. The molecule has 1 aromatic heterocycles. The number of amides is 1. The lowest BCUT2D eigenvalue weighted by Gasteiger charge is -2.20. The summed E-state index contributed by atoms with van der Waals surface area (Å²) in [7, 11) is 0. The zero-order chi connectivity index (χ0) is 22.8. The minimum Gasteiger partial charge on any atom is -0.318 e. The molecule has 0 saturated heterocycles. The molecular formula is C24H26ClN5OS. The Kier molecular flexibility index (Phi) is 6.67. The van der Waals surface area contributed by atoms with Crippen LogP contribution >= 0.6 is 23.4 Å². The fourth-order valence-corrected chi connectivity index (χ4v) is 4.97. The van der Waals surface area contributed by atoms with Gasteiger partial charge in [0.05, 0.1) is 5.57 Å². The second-order valence-electron chi connectivity index (χ2n) is 7.96. The standard InChI is InChI=1S/C24H26ClN5OS/c1-4-5-6-7-8-21-28-30-22(26)20(23(31)27-24(30)32-21)14-17-13-15(2)29(16(17)3)19-11-9-18(25)10-12-19/h9-14,26H,4-8H2,1-3H3. The van der Waals surface area contributed by atoms with Crippen LogP contribution in [-0.2, 0) is 4.79 Å². The van der Waals surface area contributed by atoms with Crippen LogP contribution < -0.4 is 0 Å². The number of amidine groups is 2. The quantitative estimate of drug-likeness (QED) is 0.381. The Morgan fingerprint density at radius 3 is 2.62 bits per heavy atom. The van der Waals surface area contributed by atoms with Gasteiger partial charge in [0, 0.05) is 22.1 Å². The fraction of sp³-hybridized carbons (Fsp3) is 0.333. The molecule has 0 saturated carbocycles. The van der Waals surface area contributed by atoms with Crippen molar-refractivity contribution in [3.63, 3.8) is 0 Å². The molecule has 0 radical (unpaired) electrons. The number of thioether (sulfide) groups is 1. The minimum atomic E-state index is -0.396. The molecule has 0 fully saturated rings. The minimum absolute atomic E-state index is 0.0763. The van der Waals surface area contributed by atoms with Crippen LogP contribution in [-0.4, -0.2) is 31.5 Å². The van der Waals surface area contributed by atoms with Gasteiger partial charge in [-0.05, 0) is 80.4 Å². The first-order valence-electron chi connectivity index (χ1n) is 10.8. The van der Waals surface area contributed by atoms with E-state index in [1.54, 1.807) is 6.08 Å². The number of aromatic nitrogens is 1. The SMILES string of the molecule is CCCCCCC1=NN2C(=N)C(=Cc3cc(C)n(-c4ccc(Cl)cc4)c3C)C(=O)N=C2S1. The summed E-state index contributed by atoms with van der Waals surface area (Å²) in [6, 6.07) is 9.64. The van der Waals surface area contributed by atoms with Crippen molar-refractivity contribution in [2.45, 2.75) is 52.9 Å². The Labute approximate surface area is 197 Å². The predicted octanol–water partition coefficient (Wildman–Crippen LogP) is 6.34. The van der Waals surface area contributed by atoms with Gasteiger partial charge in [0.15, 0.2) is 5.84 Å². The van der Waals surface area contributed by atoms with Gasteiger partial charge in [0.2, 0.25) is 5.17 Å². The third-order valence-electron chi connectivity index (χ3n) is 5.60. The van der Waals surface area contributed by atoms with E-state index in [0.29, 0.717) is 10.2 Å². The normalized spacial score (nSPS) is 17.1. The summed E-state index contributed by atoms with van der Waals surface area (Å²) in [5, 5.41) is 16.8. The summed E-state index contributed by atoms with van der Waals surface area (Å²) in [5.74, 6) is -0.320. The van der Waals surface area contributed by atoms with Gasteiger partial charge >= 0.3 is 0 Å². The third-order valence-corrected chi connectivity index (χ3v) is 6.82. The zero-order valence-corrected chi connectivity index (χ0v) is 20.1. The van der Waals surface area contributed by atoms with Crippen molar-refractivity contribution in [3.05, 3.63) is 57.9 Å². The first kappa shape index (κ1) is 22.6. The molecule has 8 heteroatoms. The molecule has 0 bridgehead atoms. The molecule has 0 unspecified atom stereocenters. The maximum Gasteiger partial charge on any atom is 0.283 e. The Morgan fingerprint density at radius 2 is 1.91 bits per heavy atom. The molecule has 1 amide bonds. The van der Waals surface area contributed by atoms with Gasteiger partial charge in [-0.25, -0.2) is 0 Å². The molecule has 1 N–H and O–H groups in total. The molecule has 6 nitrogen and oxygen atoms in total. The topological polar surface area (TPSA) is 73.8 Å². The maximum absolute atomic E-state index is 12.8. The number of aliphatic imine (C=N–C) groups is 1. The maximum atomic E-state index is 12.8. The molecule has 2 aliphatic heterocycles. The number of halogens is 1. The average molecular weight is 468 g/mol. The van der Waals surface area contributed by atoms with E-state index in [9.17, 15) is 4.79 Å². The monoisotopic (exact) mass is 467 g/mol. The number of benzene rings is 1. The van der Waals surface area contributed by atoms with Crippen LogP contribution in [0.15, 0.2) is 46.0 Å². The van der Waals surface area contributed by atoms with Crippen LogP contribution in [0.3, 0.4) is 0 Å². The number of hydrazone groups is 1. The van der Waals surface area contributed by atoms with Gasteiger partial charge in [0.25, 0.3) is 5.91 Å². The van der Waals surface area contributed by atoms with E-state index < -0.39 is 5.91 Å². The van der Waals surface area contributed by atoms with E-state index in [4.69, 9.17) is 17.0 Å². The van der Waals surface area contributed by atoms with Crippen molar-refractivity contribution in [1.29, 1.82) is 5.41 Å². The van der Waals surface area contributed by atoms with E-state index in [0.717, 1.165) is 46.9 Å². The van der Waals surface area contributed by atoms with Gasteiger partial charge in [-0.15, -0.1) is 0 Å². The number of carbonyl (C=O) groups excluding carboxylic acids is 1. The largest absolute Gasteiger partial charge is 0.318 e. The number of fused-ring (bicyclic) bond motifs is 1.